The van der Waals surface area contributed by atoms with Crippen molar-refractivity contribution in [2.45, 2.75) is 19.8 Å². The van der Waals surface area contributed by atoms with Gasteiger partial charge in [-0.1, -0.05) is 26.0 Å². The van der Waals surface area contributed by atoms with Gasteiger partial charge in [0.25, 0.3) is 0 Å². The van der Waals surface area contributed by atoms with Gasteiger partial charge in [-0.25, -0.2) is 4.68 Å². The summed E-state index contributed by atoms with van der Waals surface area (Å²) < 4.78 is 1.71. The lowest BCUT2D eigenvalue weighted by Gasteiger charge is -2.06. The van der Waals surface area contributed by atoms with E-state index in [0.29, 0.717) is 11.6 Å². The molecule has 3 heteroatoms. The number of nitrogens with zero attached hydrogens (tertiary/aromatic N) is 3. The number of nitriles is 1. The number of aromatic nitrogens is 2. The Morgan fingerprint density at radius 3 is 2.38 bits per heavy atom. The molecule has 0 radical (unpaired) electrons. The molecule has 0 bridgehead atoms. The van der Waals surface area contributed by atoms with Gasteiger partial charge >= 0.3 is 0 Å². The molecular formula is C13H13N3. The molecule has 0 aliphatic heterocycles. The Bertz CT molecular complexity index is 515. The largest absolute Gasteiger partial charge is 0.240 e. The van der Waals surface area contributed by atoms with Gasteiger partial charge in [-0.15, -0.1) is 0 Å². The first-order chi connectivity index (χ1) is 7.70. The van der Waals surface area contributed by atoms with E-state index in [9.17, 15) is 0 Å². The van der Waals surface area contributed by atoms with Crippen molar-refractivity contribution in [2.75, 3.05) is 0 Å². The molecule has 0 saturated heterocycles. The molecular weight excluding hydrogens is 198 g/mol. The summed E-state index contributed by atoms with van der Waals surface area (Å²) in [5.74, 6) is 0.529. The van der Waals surface area contributed by atoms with Gasteiger partial charge in [0, 0.05) is 6.20 Å². The van der Waals surface area contributed by atoms with Crippen LogP contribution in [0, 0.1) is 11.3 Å². The Hall–Kier alpha value is -2.08. The quantitative estimate of drug-likeness (QED) is 0.766. The fourth-order valence-electron chi connectivity index (χ4n) is 1.54. The summed E-state index contributed by atoms with van der Waals surface area (Å²) in [6, 6.07) is 11.9. The van der Waals surface area contributed by atoms with Crippen LogP contribution in [0.15, 0.2) is 36.5 Å². The van der Waals surface area contributed by atoms with E-state index in [1.54, 1.807) is 16.9 Å². The topological polar surface area (TPSA) is 41.6 Å². The second-order valence-electron chi connectivity index (χ2n) is 4.00. The van der Waals surface area contributed by atoms with Crippen molar-refractivity contribution >= 4 is 0 Å². The van der Waals surface area contributed by atoms with Crippen LogP contribution in [-0.2, 0) is 0 Å². The monoisotopic (exact) mass is 211 g/mol. The summed E-state index contributed by atoms with van der Waals surface area (Å²) in [6.07, 6.45) is 1.79. The van der Waals surface area contributed by atoms with Crippen molar-refractivity contribution in [3.8, 4) is 11.8 Å². The van der Waals surface area contributed by atoms with Gasteiger partial charge in [0.2, 0.25) is 0 Å². The second kappa shape index (κ2) is 4.19. The van der Waals surface area contributed by atoms with Crippen molar-refractivity contribution in [3.63, 3.8) is 0 Å². The van der Waals surface area contributed by atoms with Crippen molar-refractivity contribution in [1.29, 1.82) is 5.26 Å². The Labute approximate surface area is 94.9 Å². The summed E-state index contributed by atoms with van der Waals surface area (Å²) in [4.78, 5) is 0. The molecule has 3 nitrogen and oxygen atoms in total. The smallest absolute Gasteiger partial charge is 0.162 e. The van der Waals surface area contributed by atoms with Crippen LogP contribution in [0.4, 0.5) is 0 Å². The maximum atomic E-state index is 8.69. The Morgan fingerprint density at radius 1 is 1.19 bits per heavy atom. The minimum atomic E-state index is 0.438. The van der Waals surface area contributed by atoms with Crippen LogP contribution < -0.4 is 0 Å². The molecule has 0 atom stereocenters. The van der Waals surface area contributed by atoms with Gasteiger partial charge in [0.1, 0.15) is 6.07 Å². The van der Waals surface area contributed by atoms with Gasteiger partial charge in [-0.3, -0.25) is 0 Å². The molecule has 2 aromatic rings. The van der Waals surface area contributed by atoms with Gasteiger partial charge in [0.15, 0.2) is 5.69 Å². The molecule has 0 fully saturated rings. The fraction of sp³-hybridized carbons (Fsp3) is 0.231. The summed E-state index contributed by atoms with van der Waals surface area (Å²) in [6.45, 7) is 4.33. The predicted molar refractivity (Wildman–Crippen MR) is 62.4 cm³/mol. The van der Waals surface area contributed by atoms with Crippen LogP contribution >= 0.6 is 0 Å². The number of rotatable bonds is 2. The summed E-state index contributed by atoms with van der Waals surface area (Å²) in [5.41, 5.74) is 2.72. The number of hydrogen-bond acceptors (Lipinski definition) is 2. The highest BCUT2D eigenvalue weighted by atomic mass is 15.3. The minimum absolute atomic E-state index is 0.438. The molecule has 80 valence electrons. The molecule has 1 heterocycles. The van der Waals surface area contributed by atoms with E-state index in [1.807, 2.05) is 18.2 Å². The lowest BCUT2D eigenvalue weighted by Crippen LogP contribution is -1.96. The molecule has 1 aromatic heterocycles. The van der Waals surface area contributed by atoms with E-state index in [0.717, 1.165) is 5.69 Å². The van der Waals surface area contributed by atoms with Gasteiger partial charge in [-0.2, -0.15) is 10.4 Å². The summed E-state index contributed by atoms with van der Waals surface area (Å²) in [5, 5.41) is 12.8. The molecule has 0 unspecified atom stereocenters. The summed E-state index contributed by atoms with van der Waals surface area (Å²) in [7, 11) is 0. The van der Waals surface area contributed by atoms with E-state index < -0.39 is 0 Å². The summed E-state index contributed by atoms with van der Waals surface area (Å²) >= 11 is 0. The maximum absolute atomic E-state index is 8.69. The minimum Gasteiger partial charge on any atom is -0.240 e. The Kier molecular flexibility index (Phi) is 2.74. The molecule has 0 aliphatic rings. The Balaban J connectivity index is 2.31. The van der Waals surface area contributed by atoms with Crippen LogP contribution in [0.25, 0.3) is 5.69 Å². The average molecular weight is 211 g/mol. The number of hydrogen-bond donors (Lipinski definition) is 0. The Morgan fingerprint density at radius 2 is 1.88 bits per heavy atom. The lowest BCUT2D eigenvalue weighted by molar-refractivity contribution is 0.851. The zero-order valence-corrected chi connectivity index (χ0v) is 9.38. The first-order valence-electron chi connectivity index (χ1n) is 5.27. The van der Waals surface area contributed by atoms with Gasteiger partial charge < -0.3 is 0 Å². The normalized spacial score (nSPS) is 10.4. The second-order valence-corrected chi connectivity index (χ2v) is 4.00. The highest BCUT2D eigenvalue weighted by molar-refractivity contribution is 5.35. The zero-order valence-electron chi connectivity index (χ0n) is 9.38. The highest BCUT2D eigenvalue weighted by Gasteiger charge is 2.02. The van der Waals surface area contributed by atoms with E-state index >= 15 is 0 Å². The van der Waals surface area contributed by atoms with Crippen LogP contribution in [0.3, 0.4) is 0 Å². The molecule has 0 spiro atoms. The SMILES string of the molecule is CC(C)c1ccc(-n2ccc(C#N)n2)cc1. The molecule has 0 saturated carbocycles. The van der Waals surface area contributed by atoms with Gasteiger partial charge in [0.05, 0.1) is 5.69 Å². The number of benzene rings is 1. The van der Waals surface area contributed by atoms with Crippen LogP contribution in [0.1, 0.15) is 31.0 Å². The van der Waals surface area contributed by atoms with E-state index in [1.165, 1.54) is 5.56 Å². The zero-order chi connectivity index (χ0) is 11.5. The maximum Gasteiger partial charge on any atom is 0.162 e. The average Bonchev–Trinajstić information content (AvgIpc) is 2.77. The van der Waals surface area contributed by atoms with Crippen molar-refractivity contribution in [3.05, 3.63) is 47.8 Å². The van der Waals surface area contributed by atoms with Crippen molar-refractivity contribution < 1.29 is 0 Å². The highest BCUT2D eigenvalue weighted by Crippen LogP contribution is 2.16. The molecule has 2 rings (SSSR count). The first kappa shape index (κ1) is 10.4. The predicted octanol–water partition coefficient (Wildman–Crippen LogP) is 2.87. The van der Waals surface area contributed by atoms with Crippen LogP contribution in [-0.4, -0.2) is 9.78 Å². The molecule has 16 heavy (non-hydrogen) atoms. The van der Waals surface area contributed by atoms with Crippen LogP contribution in [0.5, 0.6) is 0 Å². The third kappa shape index (κ3) is 1.96. The van der Waals surface area contributed by atoms with Crippen molar-refractivity contribution in [1.82, 2.24) is 9.78 Å². The fourth-order valence-corrected chi connectivity index (χ4v) is 1.54. The first-order valence-corrected chi connectivity index (χ1v) is 5.27. The van der Waals surface area contributed by atoms with Crippen LogP contribution in [0.2, 0.25) is 0 Å². The third-order valence-corrected chi connectivity index (χ3v) is 2.53. The van der Waals surface area contributed by atoms with Crippen molar-refractivity contribution in [2.24, 2.45) is 0 Å². The molecule has 0 amide bonds. The van der Waals surface area contributed by atoms with Gasteiger partial charge in [-0.05, 0) is 29.7 Å². The van der Waals surface area contributed by atoms with E-state index in [-0.39, 0.29) is 0 Å². The molecule has 0 aliphatic carbocycles. The molecule has 0 N–H and O–H groups in total. The standard InChI is InChI=1S/C13H13N3/c1-10(2)11-3-5-13(6-4-11)16-8-7-12(9-14)15-16/h3-8,10H,1-2H3. The van der Waals surface area contributed by atoms with E-state index in [4.69, 9.17) is 5.26 Å². The third-order valence-electron chi connectivity index (χ3n) is 2.53. The van der Waals surface area contributed by atoms with E-state index in [2.05, 4.69) is 31.1 Å². The molecule has 1 aromatic carbocycles. The lowest BCUT2D eigenvalue weighted by atomic mass is 10.0.